The topological polar surface area (TPSA) is 56.1 Å². The Bertz CT molecular complexity index is 580. The number of hydrogen-bond acceptors (Lipinski definition) is 5. The van der Waals surface area contributed by atoms with Gasteiger partial charge in [-0.2, -0.15) is 5.10 Å². The lowest BCUT2D eigenvalue weighted by molar-refractivity contribution is 0.0990. The Kier molecular flexibility index (Phi) is 1.74. The Balaban J connectivity index is 1.85. The van der Waals surface area contributed by atoms with Crippen LogP contribution in [0, 0.1) is 0 Å². The minimum Gasteiger partial charge on any atom is -0.374 e. The summed E-state index contributed by atoms with van der Waals surface area (Å²) in [7, 11) is 1.90. The van der Waals surface area contributed by atoms with Crippen LogP contribution in [0.15, 0.2) is 12.5 Å². The highest BCUT2D eigenvalue weighted by Crippen LogP contribution is 2.34. The average molecular weight is 231 g/mol. The molecule has 2 saturated heterocycles. The van der Waals surface area contributed by atoms with Crippen molar-refractivity contribution in [1.29, 1.82) is 0 Å². The third-order valence-electron chi connectivity index (χ3n) is 3.68. The lowest BCUT2D eigenvalue weighted by Gasteiger charge is -2.27. The average Bonchev–Trinajstić information content (AvgIpc) is 3.04. The second kappa shape index (κ2) is 3.16. The standard InChI is InChI=1S/C11H13N5O/c1-15-10-9(3-14-15)11(13-6-12-10)16-4-8-2-7(16)5-17-8/h3,6-8H,2,4-5H2,1H3/t7-,8+/m0/s1. The van der Waals surface area contributed by atoms with Gasteiger partial charge in [0.05, 0.1) is 30.3 Å². The van der Waals surface area contributed by atoms with Crippen molar-refractivity contribution in [2.45, 2.75) is 18.6 Å². The predicted octanol–water partition coefficient (Wildman–Crippen LogP) is 0.341. The van der Waals surface area contributed by atoms with Gasteiger partial charge >= 0.3 is 0 Å². The fourth-order valence-electron chi connectivity index (χ4n) is 2.84. The van der Waals surface area contributed by atoms with Gasteiger partial charge in [-0.15, -0.1) is 0 Å². The third kappa shape index (κ3) is 1.21. The Morgan fingerprint density at radius 3 is 3.12 bits per heavy atom. The molecule has 2 aliphatic heterocycles. The van der Waals surface area contributed by atoms with E-state index >= 15 is 0 Å². The van der Waals surface area contributed by atoms with E-state index in [0.717, 1.165) is 36.4 Å². The largest absolute Gasteiger partial charge is 0.374 e. The van der Waals surface area contributed by atoms with Crippen molar-refractivity contribution < 1.29 is 4.74 Å². The lowest BCUT2D eigenvalue weighted by atomic mass is 10.2. The summed E-state index contributed by atoms with van der Waals surface area (Å²) in [5.74, 6) is 0.999. The molecule has 88 valence electrons. The van der Waals surface area contributed by atoms with E-state index in [9.17, 15) is 0 Å². The molecule has 6 nitrogen and oxygen atoms in total. The zero-order valence-corrected chi connectivity index (χ0v) is 9.58. The van der Waals surface area contributed by atoms with Gasteiger partial charge < -0.3 is 9.64 Å². The molecule has 4 heterocycles. The van der Waals surface area contributed by atoms with Gasteiger partial charge in [0.2, 0.25) is 0 Å². The van der Waals surface area contributed by atoms with Crippen LogP contribution in [0.3, 0.4) is 0 Å². The number of hydrogen-bond donors (Lipinski definition) is 0. The molecule has 17 heavy (non-hydrogen) atoms. The number of aryl methyl sites for hydroxylation is 1. The molecule has 0 saturated carbocycles. The molecule has 2 atom stereocenters. The Morgan fingerprint density at radius 2 is 2.35 bits per heavy atom. The second-order valence-electron chi connectivity index (χ2n) is 4.70. The van der Waals surface area contributed by atoms with E-state index < -0.39 is 0 Å². The summed E-state index contributed by atoms with van der Waals surface area (Å²) >= 11 is 0. The van der Waals surface area contributed by atoms with Crippen LogP contribution in [0.5, 0.6) is 0 Å². The maximum absolute atomic E-state index is 5.61. The predicted molar refractivity (Wildman–Crippen MR) is 61.8 cm³/mol. The van der Waals surface area contributed by atoms with Gasteiger partial charge in [0.1, 0.15) is 12.1 Å². The van der Waals surface area contributed by atoms with Gasteiger partial charge in [0.15, 0.2) is 5.65 Å². The molecule has 0 unspecified atom stereocenters. The van der Waals surface area contributed by atoms with Crippen LogP contribution in [-0.2, 0) is 11.8 Å². The number of morpholine rings is 1. The molecule has 0 amide bonds. The molecule has 2 aromatic rings. The molecule has 0 N–H and O–H groups in total. The van der Waals surface area contributed by atoms with Crippen LogP contribution >= 0.6 is 0 Å². The fraction of sp³-hybridized carbons (Fsp3) is 0.545. The van der Waals surface area contributed by atoms with Gasteiger partial charge in [0.25, 0.3) is 0 Å². The van der Waals surface area contributed by atoms with Crippen LogP contribution in [-0.4, -0.2) is 45.0 Å². The van der Waals surface area contributed by atoms with Gasteiger partial charge in [0, 0.05) is 13.6 Å². The highest BCUT2D eigenvalue weighted by molar-refractivity contribution is 5.87. The zero-order valence-electron chi connectivity index (χ0n) is 9.58. The van der Waals surface area contributed by atoms with Crippen LogP contribution in [0.2, 0.25) is 0 Å². The zero-order chi connectivity index (χ0) is 11.4. The molecule has 2 fully saturated rings. The van der Waals surface area contributed by atoms with Gasteiger partial charge in [-0.1, -0.05) is 0 Å². The van der Waals surface area contributed by atoms with Crippen LogP contribution in [0.25, 0.3) is 11.0 Å². The summed E-state index contributed by atoms with van der Waals surface area (Å²) < 4.78 is 7.40. The molecular weight excluding hydrogens is 218 g/mol. The van der Waals surface area contributed by atoms with Crippen molar-refractivity contribution in [2.75, 3.05) is 18.1 Å². The van der Waals surface area contributed by atoms with Crippen molar-refractivity contribution in [2.24, 2.45) is 7.05 Å². The smallest absolute Gasteiger partial charge is 0.163 e. The van der Waals surface area contributed by atoms with Crippen molar-refractivity contribution in [3.05, 3.63) is 12.5 Å². The molecule has 0 aliphatic carbocycles. The molecule has 2 aliphatic rings. The first kappa shape index (κ1) is 9.35. The van der Waals surface area contributed by atoms with E-state index in [1.54, 1.807) is 11.0 Å². The SMILES string of the molecule is Cn1ncc2c(N3C[C@H]4C[C@H]3CO4)ncnc21. The Labute approximate surface area is 98.2 Å². The molecule has 6 heteroatoms. The summed E-state index contributed by atoms with van der Waals surface area (Å²) in [6, 6.07) is 0.471. The maximum atomic E-state index is 5.61. The number of ether oxygens (including phenoxy) is 1. The first-order valence-corrected chi connectivity index (χ1v) is 5.84. The first-order chi connectivity index (χ1) is 8.33. The quantitative estimate of drug-likeness (QED) is 0.708. The monoisotopic (exact) mass is 231 g/mol. The second-order valence-corrected chi connectivity index (χ2v) is 4.70. The number of rotatable bonds is 1. The molecule has 0 aromatic carbocycles. The summed E-state index contributed by atoms with van der Waals surface area (Å²) in [5.41, 5.74) is 0.888. The third-order valence-corrected chi connectivity index (χ3v) is 3.68. The fourth-order valence-corrected chi connectivity index (χ4v) is 2.84. The highest BCUT2D eigenvalue weighted by Gasteiger charge is 2.40. The number of aromatic nitrogens is 4. The lowest BCUT2D eigenvalue weighted by Crippen LogP contribution is -2.37. The minimum absolute atomic E-state index is 0.377. The van der Waals surface area contributed by atoms with E-state index in [0.29, 0.717) is 12.1 Å². The molecule has 2 bridgehead atoms. The Hall–Kier alpha value is -1.69. The summed E-state index contributed by atoms with van der Waals surface area (Å²) in [5, 5.41) is 5.28. The molecular formula is C11H13N5O. The summed E-state index contributed by atoms with van der Waals surface area (Å²) in [6.45, 7) is 1.75. The number of fused-ring (bicyclic) bond motifs is 3. The highest BCUT2D eigenvalue weighted by atomic mass is 16.5. The van der Waals surface area contributed by atoms with Gasteiger partial charge in [-0.25, -0.2) is 9.97 Å². The maximum Gasteiger partial charge on any atom is 0.163 e. The normalized spacial score (nSPS) is 27.2. The molecule has 0 spiro atoms. The number of nitrogens with zero attached hydrogens (tertiary/aromatic N) is 5. The van der Waals surface area contributed by atoms with Crippen LogP contribution in [0.1, 0.15) is 6.42 Å². The van der Waals surface area contributed by atoms with E-state index in [1.807, 2.05) is 13.2 Å². The van der Waals surface area contributed by atoms with E-state index in [4.69, 9.17) is 4.74 Å². The van der Waals surface area contributed by atoms with Crippen molar-refractivity contribution in [3.63, 3.8) is 0 Å². The molecule has 2 aromatic heterocycles. The summed E-state index contributed by atoms with van der Waals surface area (Å²) in [6.07, 6.45) is 4.96. The van der Waals surface area contributed by atoms with Gasteiger partial charge in [-0.3, -0.25) is 4.68 Å². The molecule has 0 radical (unpaired) electrons. The molecule has 4 rings (SSSR count). The van der Waals surface area contributed by atoms with Crippen LogP contribution in [0.4, 0.5) is 5.82 Å². The first-order valence-electron chi connectivity index (χ1n) is 5.84. The van der Waals surface area contributed by atoms with Crippen molar-refractivity contribution in [3.8, 4) is 0 Å². The van der Waals surface area contributed by atoms with Crippen molar-refractivity contribution in [1.82, 2.24) is 19.7 Å². The van der Waals surface area contributed by atoms with E-state index in [1.165, 1.54) is 0 Å². The minimum atomic E-state index is 0.377. The van der Waals surface area contributed by atoms with Crippen LogP contribution < -0.4 is 4.90 Å². The van der Waals surface area contributed by atoms with E-state index in [2.05, 4.69) is 20.0 Å². The van der Waals surface area contributed by atoms with Gasteiger partial charge in [-0.05, 0) is 6.42 Å². The Morgan fingerprint density at radius 1 is 1.41 bits per heavy atom. The number of anilines is 1. The van der Waals surface area contributed by atoms with E-state index in [-0.39, 0.29) is 0 Å². The van der Waals surface area contributed by atoms with Crippen molar-refractivity contribution >= 4 is 16.9 Å². The summed E-state index contributed by atoms with van der Waals surface area (Å²) in [4.78, 5) is 11.0.